The Balaban J connectivity index is 1.45. The Morgan fingerprint density at radius 1 is 1.10 bits per heavy atom. The molecule has 9 heteroatoms. The Morgan fingerprint density at radius 3 is 2.39 bits per heavy atom. The lowest BCUT2D eigenvalue weighted by Crippen LogP contribution is -2.45. The first-order valence-corrected chi connectivity index (χ1v) is 12.7. The quantitative estimate of drug-likeness (QED) is 0.644. The Bertz CT molecular complexity index is 882. The number of hydrogen-bond acceptors (Lipinski definition) is 5. The number of amides is 1. The van der Waals surface area contributed by atoms with Gasteiger partial charge < -0.3 is 10.1 Å². The van der Waals surface area contributed by atoms with Crippen LogP contribution in [0, 0.1) is 17.8 Å². The highest BCUT2D eigenvalue weighted by Crippen LogP contribution is 2.29. The lowest BCUT2D eigenvalue weighted by atomic mass is 9.78. The number of ether oxygens (including phenoxy) is 1. The highest BCUT2D eigenvalue weighted by Gasteiger charge is 2.33. The summed E-state index contributed by atoms with van der Waals surface area (Å²) >= 11 is 5.83. The number of rotatable bonds is 6. The number of nitrogens with zero attached hydrogens (tertiary/aromatic N) is 1. The van der Waals surface area contributed by atoms with Crippen LogP contribution >= 0.6 is 11.6 Å². The molecule has 31 heavy (non-hydrogen) atoms. The second-order valence-electron chi connectivity index (χ2n) is 8.68. The molecule has 0 unspecified atom stereocenters. The summed E-state index contributed by atoms with van der Waals surface area (Å²) in [5, 5.41) is 3.46. The van der Waals surface area contributed by atoms with Crippen LogP contribution in [0.2, 0.25) is 5.02 Å². The van der Waals surface area contributed by atoms with Crippen molar-refractivity contribution in [2.75, 3.05) is 19.7 Å². The van der Waals surface area contributed by atoms with Crippen LogP contribution in [-0.4, -0.2) is 50.3 Å². The number of sulfonamides is 1. The van der Waals surface area contributed by atoms with Crippen LogP contribution in [0.3, 0.4) is 0 Å². The third kappa shape index (κ3) is 5.99. The van der Waals surface area contributed by atoms with Gasteiger partial charge in [0, 0.05) is 24.2 Å². The summed E-state index contributed by atoms with van der Waals surface area (Å²) in [4.78, 5) is 24.8. The Morgan fingerprint density at radius 2 is 1.74 bits per heavy atom. The number of benzene rings is 1. The fourth-order valence-corrected chi connectivity index (χ4v) is 5.97. The molecule has 172 valence electrons. The van der Waals surface area contributed by atoms with Gasteiger partial charge in [-0.2, -0.15) is 4.31 Å². The van der Waals surface area contributed by atoms with Crippen LogP contribution in [-0.2, 0) is 24.3 Å². The number of hydrogen-bond donors (Lipinski definition) is 1. The van der Waals surface area contributed by atoms with E-state index < -0.39 is 21.9 Å². The van der Waals surface area contributed by atoms with Crippen LogP contribution < -0.4 is 5.32 Å². The largest absolute Gasteiger partial charge is 0.455 e. The maximum absolute atomic E-state index is 12.7. The van der Waals surface area contributed by atoms with Crippen LogP contribution in [0.15, 0.2) is 29.2 Å². The van der Waals surface area contributed by atoms with Gasteiger partial charge in [-0.1, -0.05) is 38.3 Å². The first-order valence-electron chi connectivity index (χ1n) is 10.9. The predicted molar refractivity (Wildman–Crippen MR) is 118 cm³/mol. The molecule has 1 N–H and O–H groups in total. The van der Waals surface area contributed by atoms with Gasteiger partial charge in [0.1, 0.15) is 0 Å². The fraction of sp³-hybridized carbons (Fsp3) is 0.636. The van der Waals surface area contributed by atoms with E-state index in [4.69, 9.17) is 16.3 Å². The van der Waals surface area contributed by atoms with E-state index in [-0.39, 0.29) is 36.5 Å². The molecule has 1 heterocycles. The first-order chi connectivity index (χ1) is 14.7. The summed E-state index contributed by atoms with van der Waals surface area (Å²) in [5.74, 6) is -0.153. The van der Waals surface area contributed by atoms with Gasteiger partial charge in [-0.05, 0) is 55.4 Å². The molecule has 1 saturated heterocycles. The summed E-state index contributed by atoms with van der Waals surface area (Å²) in [6.45, 7) is 4.51. The van der Waals surface area contributed by atoms with Crippen molar-refractivity contribution in [2.24, 2.45) is 17.8 Å². The number of halogens is 1. The Hall–Kier alpha value is -1.64. The second kappa shape index (κ2) is 10.3. The van der Waals surface area contributed by atoms with Gasteiger partial charge in [-0.3, -0.25) is 9.59 Å². The highest BCUT2D eigenvalue weighted by molar-refractivity contribution is 7.89. The lowest BCUT2D eigenvalue weighted by Gasteiger charge is -2.34. The smallest absolute Gasteiger partial charge is 0.309 e. The van der Waals surface area contributed by atoms with Crippen molar-refractivity contribution < 1.29 is 22.7 Å². The average Bonchev–Trinajstić information content (AvgIpc) is 2.75. The van der Waals surface area contributed by atoms with E-state index >= 15 is 0 Å². The van der Waals surface area contributed by atoms with Gasteiger partial charge in [0.15, 0.2) is 6.61 Å². The molecule has 1 saturated carbocycles. The van der Waals surface area contributed by atoms with E-state index in [2.05, 4.69) is 19.2 Å². The molecular formula is C22H31ClN2O5S. The first kappa shape index (κ1) is 24.0. The molecule has 0 aromatic heterocycles. The Labute approximate surface area is 189 Å². The van der Waals surface area contributed by atoms with E-state index in [1.165, 1.54) is 22.9 Å². The molecule has 1 aromatic carbocycles. The van der Waals surface area contributed by atoms with Crippen LogP contribution in [0.5, 0.6) is 0 Å². The van der Waals surface area contributed by atoms with Crippen molar-refractivity contribution >= 4 is 33.5 Å². The van der Waals surface area contributed by atoms with Crippen LogP contribution in [0.4, 0.5) is 0 Å². The van der Waals surface area contributed by atoms with E-state index in [0.717, 1.165) is 12.8 Å². The molecule has 3 atom stereocenters. The molecule has 0 radical (unpaired) electrons. The van der Waals surface area contributed by atoms with Gasteiger partial charge in [0.2, 0.25) is 10.0 Å². The summed E-state index contributed by atoms with van der Waals surface area (Å²) in [6, 6.07) is 6.16. The topological polar surface area (TPSA) is 92.8 Å². The second-order valence-corrected chi connectivity index (χ2v) is 11.1. The summed E-state index contributed by atoms with van der Waals surface area (Å²) < 4.78 is 32.1. The third-order valence-corrected chi connectivity index (χ3v) is 8.80. The molecule has 7 nitrogen and oxygen atoms in total. The average molecular weight is 471 g/mol. The molecular weight excluding hydrogens is 440 g/mol. The molecule has 2 aliphatic rings. The maximum Gasteiger partial charge on any atom is 0.309 e. The monoisotopic (exact) mass is 470 g/mol. The fourth-order valence-electron chi connectivity index (χ4n) is 4.38. The minimum absolute atomic E-state index is 0.122. The molecule has 1 aliphatic carbocycles. The van der Waals surface area contributed by atoms with E-state index in [1.807, 2.05) is 0 Å². The van der Waals surface area contributed by atoms with Crippen molar-refractivity contribution in [3.63, 3.8) is 0 Å². The number of nitrogens with one attached hydrogen (secondary N) is 1. The molecule has 0 spiro atoms. The van der Waals surface area contributed by atoms with Crippen molar-refractivity contribution in [3.05, 3.63) is 29.3 Å². The number of carbonyl (C=O) groups excluding carboxylic acids is 2. The van der Waals surface area contributed by atoms with E-state index in [0.29, 0.717) is 29.7 Å². The minimum Gasteiger partial charge on any atom is -0.455 e. The molecule has 1 amide bonds. The van der Waals surface area contributed by atoms with Gasteiger partial charge in [0.25, 0.3) is 5.91 Å². The maximum atomic E-state index is 12.7. The summed E-state index contributed by atoms with van der Waals surface area (Å²) in [7, 11) is -3.62. The van der Waals surface area contributed by atoms with Crippen molar-refractivity contribution in [1.82, 2.24) is 9.62 Å². The molecule has 1 aliphatic heterocycles. The van der Waals surface area contributed by atoms with Crippen molar-refractivity contribution in [1.29, 1.82) is 0 Å². The molecule has 0 bridgehead atoms. The molecule has 2 fully saturated rings. The predicted octanol–water partition coefficient (Wildman–Crippen LogP) is 3.22. The zero-order chi connectivity index (χ0) is 22.6. The number of piperidine rings is 1. The summed E-state index contributed by atoms with van der Waals surface area (Å²) in [6.07, 6.45) is 3.95. The van der Waals surface area contributed by atoms with Gasteiger partial charge in [-0.25, -0.2) is 8.42 Å². The number of carbonyl (C=O) groups is 2. The van der Waals surface area contributed by atoms with Crippen molar-refractivity contribution in [2.45, 2.75) is 56.9 Å². The van der Waals surface area contributed by atoms with Gasteiger partial charge in [-0.15, -0.1) is 0 Å². The minimum atomic E-state index is -3.62. The zero-order valence-electron chi connectivity index (χ0n) is 18.1. The number of esters is 1. The third-order valence-electron chi connectivity index (χ3n) is 6.64. The lowest BCUT2D eigenvalue weighted by molar-refractivity contribution is -0.154. The van der Waals surface area contributed by atoms with E-state index in [1.54, 1.807) is 12.1 Å². The van der Waals surface area contributed by atoms with Crippen molar-refractivity contribution in [3.8, 4) is 0 Å². The molecule has 1 aromatic rings. The Kier molecular flexibility index (Phi) is 7.99. The van der Waals surface area contributed by atoms with Crippen LogP contribution in [0.1, 0.15) is 46.0 Å². The normalized spacial score (nSPS) is 25.7. The molecule has 3 rings (SSSR count). The standard InChI is InChI=1S/C22H31ClN2O5S/c1-15-4-3-5-20(16(15)2)24-21(26)14-30-22(27)17-10-12-25(13-11-17)31(28,29)19-8-6-18(23)7-9-19/h6-9,15-17,20H,3-5,10-14H2,1-2H3,(H,24,26)/t15-,16+,20+/m1/s1. The highest BCUT2D eigenvalue weighted by atomic mass is 35.5. The van der Waals surface area contributed by atoms with E-state index in [9.17, 15) is 18.0 Å². The summed E-state index contributed by atoms with van der Waals surface area (Å²) in [5.41, 5.74) is 0. The van der Waals surface area contributed by atoms with Gasteiger partial charge in [0.05, 0.1) is 10.8 Å². The van der Waals surface area contributed by atoms with Crippen LogP contribution in [0.25, 0.3) is 0 Å². The zero-order valence-corrected chi connectivity index (χ0v) is 19.6. The van der Waals surface area contributed by atoms with Gasteiger partial charge >= 0.3 is 5.97 Å². The SMILES string of the molecule is C[C@H]1[C@H](C)CCC[C@@H]1NC(=O)COC(=O)C1CCN(S(=O)(=O)c2ccc(Cl)cc2)CC1.